The molecule has 2 aliphatic heterocycles. The number of rotatable bonds is 2. The largest absolute Gasteiger partial charge is 0.342 e. The van der Waals surface area contributed by atoms with Gasteiger partial charge in [-0.1, -0.05) is 34.8 Å². The van der Waals surface area contributed by atoms with Gasteiger partial charge in [0.05, 0.1) is 5.92 Å². The van der Waals surface area contributed by atoms with Crippen LogP contribution in [0.5, 0.6) is 0 Å². The molecule has 0 bridgehead atoms. The van der Waals surface area contributed by atoms with Crippen LogP contribution in [-0.2, 0) is 9.59 Å². The van der Waals surface area contributed by atoms with Gasteiger partial charge < -0.3 is 9.80 Å². The first kappa shape index (κ1) is 16.5. The summed E-state index contributed by atoms with van der Waals surface area (Å²) in [5.74, 6) is 0.0172. The van der Waals surface area contributed by atoms with Crippen molar-refractivity contribution in [2.45, 2.75) is 39.0 Å². The number of amides is 2. The molecule has 0 radical (unpaired) electrons. The van der Waals surface area contributed by atoms with E-state index < -0.39 is 0 Å². The van der Waals surface area contributed by atoms with Crippen LogP contribution in [-0.4, -0.2) is 36.3 Å². The number of aryl methyl sites for hydroxylation is 1. The summed E-state index contributed by atoms with van der Waals surface area (Å²) < 4.78 is 0.991. The van der Waals surface area contributed by atoms with Crippen molar-refractivity contribution in [1.29, 1.82) is 0 Å². The highest BCUT2D eigenvalue weighted by atomic mass is 79.9. The summed E-state index contributed by atoms with van der Waals surface area (Å²) in [6, 6.07) is 5.92. The second-order valence-corrected chi connectivity index (χ2v) is 7.43. The second kappa shape index (κ2) is 7.04. The number of anilines is 1. The Bertz CT molecular complexity index is 609. The summed E-state index contributed by atoms with van der Waals surface area (Å²) in [6.45, 7) is 4.22. The van der Waals surface area contributed by atoms with Gasteiger partial charge in [-0.2, -0.15) is 0 Å². The van der Waals surface area contributed by atoms with E-state index >= 15 is 0 Å². The van der Waals surface area contributed by atoms with E-state index in [9.17, 15) is 9.59 Å². The normalized spacial score (nSPS) is 22.3. The van der Waals surface area contributed by atoms with Crippen LogP contribution in [0.3, 0.4) is 0 Å². The molecule has 0 aromatic heterocycles. The van der Waals surface area contributed by atoms with Gasteiger partial charge in [0.15, 0.2) is 0 Å². The van der Waals surface area contributed by atoms with Crippen molar-refractivity contribution in [2.24, 2.45) is 5.92 Å². The standard InChI is InChI=1S/C18H23BrN2O2/c1-13-6-7-15(11-16(13)19)21-12-14(10-17(21)22)18(23)20-8-4-2-3-5-9-20/h6-7,11,14H,2-5,8-10,12H2,1H3. The third kappa shape index (κ3) is 3.60. The lowest BCUT2D eigenvalue weighted by Gasteiger charge is -2.24. The van der Waals surface area contributed by atoms with Gasteiger partial charge in [0.1, 0.15) is 0 Å². The minimum Gasteiger partial charge on any atom is -0.342 e. The summed E-state index contributed by atoms with van der Waals surface area (Å²) in [5, 5.41) is 0. The predicted octanol–water partition coefficient (Wildman–Crippen LogP) is 3.51. The Morgan fingerprint density at radius 2 is 1.87 bits per heavy atom. The highest BCUT2D eigenvalue weighted by Gasteiger charge is 2.37. The monoisotopic (exact) mass is 378 g/mol. The molecule has 2 heterocycles. The van der Waals surface area contributed by atoms with Gasteiger partial charge in [-0.3, -0.25) is 9.59 Å². The third-order valence-corrected chi connectivity index (χ3v) is 5.71. The van der Waals surface area contributed by atoms with E-state index in [0.29, 0.717) is 13.0 Å². The average molecular weight is 379 g/mol. The van der Waals surface area contributed by atoms with Crippen LogP contribution in [0.2, 0.25) is 0 Å². The first-order valence-electron chi connectivity index (χ1n) is 8.41. The van der Waals surface area contributed by atoms with Crippen LogP contribution >= 0.6 is 15.9 Å². The molecule has 23 heavy (non-hydrogen) atoms. The summed E-state index contributed by atoms with van der Waals surface area (Å²) in [4.78, 5) is 28.8. The Kier molecular flexibility index (Phi) is 5.05. The fourth-order valence-electron chi connectivity index (χ4n) is 3.42. The molecule has 1 aromatic rings. The first-order chi connectivity index (χ1) is 11.1. The maximum absolute atomic E-state index is 12.7. The van der Waals surface area contributed by atoms with E-state index in [0.717, 1.165) is 41.7 Å². The molecule has 0 aliphatic carbocycles. The molecule has 2 saturated heterocycles. The molecule has 2 aliphatic rings. The van der Waals surface area contributed by atoms with Crippen LogP contribution in [0.1, 0.15) is 37.7 Å². The number of carbonyl (C=O) groups is 2. The summed E-state index contributed by atoms with van der Waals surface area (Å²) in [6.07, 6.45) is 4.91. The molecular formula is C18H23BrN2O2. The predicted molar refractivity (Wildman–Crippen MR) is 94.4 cm³/mol. The molecule has 124 valence electrons. The fourth-order valence-corrected chi connectivity index (χ4v) is 3.79. The maximum Gasteiger partial charge on any atom is 0.228 e. The minimum absolute atomic E-state index is 0.0499. The van der Waals surface area contributed by atoms with Gasteiger partial charge in [0.25, 0.3) is 0 Å². The van der Waals surface area contributed by atoms with Crippen molar-refractivity contribution < 1.29 is 9.59 Å². The number of carbonyl (C=O) groups excluding carboxylic acids is 2. The number of halogens is 1. The average Bonchev–Trinajstić information content (AvgIpc) is 2.75. The molecule has 1 unspecified atom stereocenters. The lowest BCUT2D eigenvalue weighted by atomic mass is 10.1. The van der Waals surface area contributed by atoms with E-state index in [1.54, 1.807) is 4.90 Å². The number of nitrogens with zero attached hydrogens (tertiary/aromatic N) is 2. The van der Waals surface area contributed by atoms with Crippen LogP contribution in [0.25, 0.3) is 0 Å². The van der Waals surface area contributed by atoms with E-state index in [-0.39, 0.29) is 17.7 Å². The number of benzene rings is 1. The second-order valence-electron chi connectivity index (χ2n) is 6.58. The SMILES string of the molecule is Cc1ccc(N2CC(C(=O)N3CCCCCC3)CC2=O)cc1Br. The summed E-state index contributed by atoms with van der Waals surface area (Å²) >= 11 is 3.52. The molecule has 2 amide bonds. The van der Waals surface area contributed by atoms with Crippen LogP contribution < -0.4 is 4.90 Å². The van der Waals surface area contributed by atoms with Crippen LogP contribution in [0.4, 0.5) is 5.69 Å². The topological polar surface area (TPSA) is 40.6 Å². The van der Waals surface area contributed by atoms with Gasteiger partial charge in [0.2, 0.25) is 11.8 Å². The van der Waals surface area contributed by atoms with Crippen molar-refractivity contribution in [3.05, 3.63) is 28.2 Å². The van der Waals surface area contributed by atoms with Gasteiger partial charge >= 0.3 is 0 Å². The van der Waals surface area contributed by atoms with Crippen molar-refractivity contribution in [3.8, 4) is 0 Å². The molecule has 1 atom stereocenters. The summed E-state index contributed by atoms with van der Waals surface area (Å²) in [7, 11) is 0. The van der Waals surface area contributed by atoms with Crippen LogP contribution in [0, 0.1) is 12.8 Å². The first-order valence-corrected chi connectivity index (χ1v) is 9.21. The number of hydrogen-bond acceptors (Lipinski definition) is 2. The van der Waals surface area contributed by atoms with Crippen LogP contribution in [0.15, 0.2) is 22.7 Å². The molecular weight excluding hydrogens is 356 g/mol. The summed E-state index contributed by atoms with van der Waals surface area (Å²) in [5.41, 5.74) is 2.01. The lowest BCUT2D eigenvalue weighted by Crippen LogP contribution is -2.38. The Morgan fingerprint density at radius 3 is 2.52 bits per heavy atom. The molecule has 2 fully saturated rings. The highest BCUT2D eigenvalue weighted by molar-refractivity contribution is 9.10. The molecule has 0 saturated carbocycles. The van der Waals surface area contributed by atoms with Crippen molar-refractivity contribution >= 4 is 33.4 Å². The molecule has 3 rings (SSSR count). The molecule has 0 N–H and O–H groups in total. The van der Waals surface area contributed by atoms with E-state index in [1.807, 2.05) is 30.0 Å². The zero-order valence-electron chi connectivity index (χ0n) is 13.6. The minimum atomic E-state index is -0.194. The fraction of sp³-hybridized carbons (Fsp3) is 0.556. The van der Waals surface area contributed by atoms with E-state index in [2.05, 4.69) is 15.9 Å². The molecule has 0 spiro atoms. The van der Waals surface area contributed by atoms with Gasteiger partial charge in [-0.05, 0) is 37.5 Å². The Labute approximate surface area is 146 Å². The smallest absolute Gasteiger partial charge is 0.228 e. The molecule has 4 nitrogen and oxygen atoms in total. The highest BCUT2D eigenvalue weighted by Crippen LogP contribution is 2.30. The Hall–Kier alpha value is -1.36. The molecule has 1 aromatic carbocycles. The van der Waals surface area contributed by atoms with E-state index in [1.165, 1.54) is 12.8 Å². The molecule has 5 heteroatoms. The number of likely N-dealkylation sites (tertiary alicyclic amines) is 1. The lowest BCUT2D eigenvalue weighted by molar-refractivity contribution is -0.135. The van der Waals surface area contributed by atoms with Crippen molar-refractivity contribution in [1.82, 2.24) is 4.90 Å². The van der Waals surface area contributed by atoms with Crippen molar-refractivity contribution in [2.75, 3.05) is 24.5 Å². The zero-order chi connectivity index (χ0) is 16.4. The van der Waals surface area contributed by atoms with Crippen molar-refractivity contribution in [3.63, 3.8) is 0 Å². The van der Waals surface area contributed by atoms with Gasteiger partial charge in [0, 0.05) is 36.2 Å². The third-order valence-electron chi connectivity index (χ3n) is 4.86. The van der Waals surface area contributed by atoms with E-state index in [4.69, 9.17) is 0 Å². The Morgan fingerprint density at radius 1 is 1.17 bits per heavy atom. The maximum atomic E-state index is 12.7. The van der Waals surface area contributed by atoms with Gasteiger partial charge in [-0.25, -0.2) is 0 Å². The van der Waals surface area contributed by atoms with Gasteiger partial charge in [-0.15, -0.1) is 0 Å². The Balaban J connectivity index is 1.71. The zero-order valence-corrected chi connectivity index (χ0v) is 15.1. The quantitative estimate of drug-likeness (QED) is 0.789. The number of hydrogen-bond donors (Lipinski definition) is 0.